The lowest BCUT2D eigenvalue weighted by molar-refractivity contribution is 0.414. The number of methoxy groups -OCH3 is 1. The molecule has 0 amide bonds. The lowest BCUT2D eigenvalue weighted by Crippen LogP contribution is -2.35. The smallest absolute Gasteiger partial charge is 0.232 e. The van der Waals surface area contributed by atoms with E-state index in [1.165, 1.54) is 38.5 Å². The van der Waals surface area contributed by atoms with Gasteiger partial charge in [0.15, 0.2) is 5.11 Å². The molecule has 0 unspecified atom stereocenters. The van der Waals surface area contributed by atoms with Crippen molar-refractivity contribution in [3.63, 3.8) is 0 Å². The average molecular weight is 469 g/mol. The molecule has 7 nitrogen and oxygen atoms in total. The Morgan fingerprint density at radius 2 is 1.58 bits per heavy atom. The second-order valence-corrected chi connectivity index (χ2v) is 9.54. The van der Waals surface area contributed by atoms with Crippen LogP contribution in [0.2, 0.25) is 0 Å². The summed E-state index contributed by atoms with van der Waals surface area (Å²) in [4.78, 5) is 14.5. The van der Waals surface area contributed by atoms with Crippen molar-refractivity contribution in [3.8, 4) is 5.75 Å². The minimum Gasteiger partial charge on any atom is -0.497 e. The van der Waals surface area contributed by atoms with Gasteiger partial charge in [-0.3, -0.25) is 0 Å². The van der Waals surface area contributed by atoms with Gasteiger partial charge in [-0.15, -0.1) is 0 Å². The number of hydrogen-bond donors (Lipinski definition) is 2. The highest BCUT2D eigenvalue weighted by Crippen LogP contribution is 2.27. The quantitative estimate of drug-likeness (QED) is 0.597. The van der Waals surface area contributed by atoms with Crippen LogP contribution in [0, 0.1) is 5.92 Å². The van der Waals surface area contributed by atoms with Crippen LogP contribution < -0.4 is 25.2 Å². The summed E-state index contributed by atoms with van der Waals surface area (Å²) in [6, 6.07) is 10.1. The number of nitrogens with zero attached hydrogens (tertiary/aromatic N) is 4. The molecule has 178 valence electrons. The van der Waals surface area contributed by atoms with Crippen molar-refractivity contribution in [1.82, 2.24) is 15.3 Å². The molecule has 2 N–H and O–H groups in total. The molecule has 2 aliphatic rings. The van der Waals surface area contributed by atoms with Crippen LogP contribution in [0.5, 0.6) is 5.75 Å². The van der Waals surface area contributed by atoms with Crippen molar-refractivity contribution in [1.29, 1.82) is 0 Å². The van der Waals surface area contributed by atoms with Gasteiger partial charge in [0.05, 0.1) is 7.11 Å². The van der Waals surface area contributed by atoms with Crippen molar-refractivity contribution in [2.75, 3.05) is 48.4 Å². The molecule has 1 aromatic carbocycles. The largest absolute Gasteiger partial charge is 0.497 e. The normalized spacial score (nSPS) is 17.4. The Bertz CT molecular complexity index is 906. The van der Waals surface area contributed by atoms with Gasteiger partial charge in [0, 0.05) is 38.8 Å². The van der Waals surface area contributed by atoms with E-state index in [0.29, 0.717) is 17.6 Å². The van der Waals surface area contributed by atoms with Gasteiger partial charge in [-0.05, 0) is 61.5 Å². The Hall–Kier alpha value is -2.61. The Morgan fingerprint density at radius 1 is 0.970 bits per heavy atom. The molecule has 33 heavy (non-hydrogen) atoms. The molecule has 0 radical (unpaired) electrons. The molecule has 0 saturated carbocycles. The maximum atomic E-state index is 5.57. The number of nitrogens with one attached hydrogen (secondary N) is 2. The van der Waals surface area contributed by atoms with Crippen LogP contribution in [0.25, 0.3) is 0 Å². The van der Waals surface area contributed by atoms with Crippen LogP contribution in [0.15, 0.2) is 30.3 Å². The van der Waals surface area contributed by atoms with Crippen molar-refractivity contribution in [2.24, 2.45) is 5.92 Å². The first-order valence-corrected chi connectivity index (χ1v) is 12.6. The molecule has 2 aromatic rings. The van der Waals surface area contributed by atoms with Crippen LogP contribution >= 0.6 is 12.2 Å². The summed E-state index contributed by atoms with van der Waals surface area (Å²) < 4.78 is 5.23. The average Bonchev–Trinajstić information content (AvgIpc) is 3.13. The molecule has 1 aromatic heterocycles. The minimum atomic E-state index is 0.525. The number of benzene rings is 1. The molecule has 2 aliphatic heterocycles. The van der Waals surface area contributed by atoms with Crippen LogP contribution in [-0.4, -0.2) is 48.4 Å². The fourth-order valence-electron chi connectivity index (χ4n) is 4.41. The standard InChI is InChI=1S/C25H36N6OS/c1-19-11-15-31(16-12-19)23-17-22(30-13-5-3-4-6-14-30)27-24(28-23)29-25(33)26-18-20-7-9-21(32-2)10-8-20/h7-10,17,19H,3-6,11-16,18H2,1-2H3,(H2,26,27,28,29,33). The Morgan fingerprint density at radius 3 is 2.18 bits per heavy atom. The topological polar surface area (TPSA) is 65.6 Å². The zero-order valence-electron chi connectivity index (χ0n) is 19.8. The first kappa shape index (κ1) is 23.5. The third kappa shape index (κ3) is 6.69. The third-order valence-electron chi connectivity index (χ3n) is 6.57. The number of piperidine rings is 1. The van der Waals surface area contributed by atoms with E-state index in [1.807, 2.05) is 24.3 Å². The second kappa shape index (κ2) is 11.5. The summed E-state index contributed by atoms with van der Waals surface area (Å²) >= 11 is 5.57. The summed E-state index contributed by atoms with van der Waals surface area (Å²) in [5.74, 6) is 4.19. The third-order valence-corrected chi connectivity index (χ3v) is 6.82. The second-order valence-electron chi connectivity index (χ2n) is 9.13. The van der Waals surface area contributed by atoms with Gasteiger partial charge in [0.1, 0.15) is 17.4 Å². The Balaban J connectivity index is 1.46. The molecule has 3 heterocycles. The summed E-state index contributed by atoms with van der Waals surface area (Å²) in [6.07, 6.45) is 7.42. The van der Waals surface area contributed by atoms with Crippen LogP contribution in [0.1, 0.15) is 51.0 Å². The molecule has 8 heteroatoms. The summed E-state index contributed by atoms with van der Waals surface area (Å²) in [6.45, 7) is 7.13. The van der Waals surface area contributed by atoms with E-state index in [-0.39, 0.29) is 0 Å². The molecule has 0 bridgehead atoms. The molecule has 2 saturated heterocycles. The minimum absolute atomic E-state index is 0.525. The Kier molecular flexibility index (Phi) is 8.20. The summed E-state index contributed by atoms with van der Waals surface area (Å²) in [7, 11) is 1.67. The molecular weight excluding hydrogens is 432 g/mol. The van der Waals surface area contributed by atoms with Gasteiger partial charge in [-0.25, -0.2) is 0 Å². The van der Waals surface area contributed by atoms with E-state index >= 15 is 0 Å². The van der Waals surface area contributed by atoms with Gasteiger partial charge in [-0.1, -0.05) is 31.9 Å². The van der Waals surface area contributed by atoms with Crippen molar-refractivity contribution < 1.29 is 4.74 Å². The predicted octanol–water partition coefficient (Wildman–Crippen LogP) is 4.59. The lowest BCUT2D eigenvalue weighted by atomic mass is 9.99. The number of ether oxygens (including phenoxy) is 1. The maximum absolute atomic E-state index is 5.57. The van der Waals surface area contributed by atoms with Gasteiger partial charge in [-0.2, -0.15) is 9.97 Å². The first-order chi connectivity index (χ1) is 16.1. The zero-order valence-corrected chi connectivity index (χ0v) is 20.7. The molecule has 0 atom stereocenters. The highest BCUT2D eigenvalue weighted by Gasteiger charge is 2.21. The molecule has 2 fully saturated rings. The van der Waals surface area contributed by atoms with E-state index < -0.39 is 0 Å². The number of anilines is 3. The fraction of sp³-hybridized carbons (Fsp3) is 0.560. The molecular formula is C25H36N6OS. The van der Waals surface area contributed by atoms with E-state index in [2.05, 4.69) is 33.4 Å². The van der Waals surface area contributed by atoms with Crippen LogP contribution in [-0.2, 0) is 6.54 Å². The lowest BCUT2D eigenvalue weighted by Gasteiger charge is -2.32. The van der Waals surface area contributed by atoms with E-state index in [0.717, 1.165) is 55.0 Å². The van der Waals surface area contributed by atoms with Crippen LogP contribution in [0.4, 0.5) is 17.6 Å². The van der Waals surface area contributed by atoms with Gasteiger partial charge in [0.2, 0.25) is 5.95 Å². The maximum Gasteiger partial charge on any atom is 0.232 e. The number of thiocarbonyl (C=S) groups is 1. The number of rotatable bonds is 6. The highest BCUT2D eigenvalue weighted by atomic mass is 32.1. The highest BCUT2D eigenvalue weighted by molar-refractivity contribution is 7.80. The fourth-order valence-corrected chi connectivity index (χ4v) is 4.57. The van der Waals surface area contributed by atoms with Crippen LogP contribution in [0.3, 0.4) is 0 Å². The van der Waals surface area contributed by atoms with E-state index in [4.69, 9.17) is 26.9 Å². The Labute approximate surface area is 202 Å². The number of aromatic nitrogens is 2. The SMILES string of the molecule is COc1ccc(CNC(=S)Nc2nc(N3CCCCCC3)cc(N3CCC(C)CC3)n2)cc1. The molecule has 0 aliphatic carbocycles. The monoisotopic (exact) mass is 468 g/mol. The van der Waals surface area contributed by atoms with E-state index in [1.54, 1.807) is 7.11 Å². The first-order valence-electron chi connectivity index (χ1n) is 12.2. The molecule has 4 rings (SSSR count). The van der Waals surface area contributed by atoms with Gasteiger partial charge < -0.3 is 25.2 Å². The molecule has 0 spiro atoms. The van der Waals surface area contributed by atoms with Crippen molar-refractivity contribution in [2.45, 2.75) is 52.0 Å². The van der Waals surface area contributed by atoms with Crippen molar-refractivity contribution in [3.05, 3.63) is 35.9 Å². The van der Waals surface area contributed by atoms with Crippen molar-refractivity contribution >= 4 is 34.9 Å². The summed E-state index contributed by atoms with van der Waals surface area (Å²) in [5.41, 5.74) is 1.13. The van der Waals surface area contributed by atoms with Gasteiger partial charge >= 0.3 is 0 Å². The zero-order chi connectivity index (χ0) is 23.0. The summed E-state index contributed by atoms with van der Waals surface area (Å²) in [5, 5.41) is 7.03. The van der Waals surface area contributed by atoms with E-state index in [9.17, 15) is 0 Å². The van der Waals surface area contributed by atoms with Gasteiger partial charge in [0.25, 0.3) is 0 Å². The predicted molar refractivity (Wildman–Crippen MR) is 139 cm³/mol. The number of hydrogen-bond acceptors (Lipinski definition) is 6.